The molecule has 0 atom stereocenters. The molecule has 0 aliphatic carbocycles. The standard InChI is InChI=1S/C24H17N3O3.Na.H/c28-23(20-11-19(14-26-15-20)18-7-4-10-25-13-18)27-22-12-17(8-9-21(22)24(29)30)16-5-2-1-3-6-16;;/h1-15H,(H,27,28)(H,29,30);;. The number of anilines is 1. The summed E-state index contributed by atoms with van der Waals surface area (Å²) in [6.07, 6.45) is 6.44. The second-order valence-corrected chi connectivity index (χ2v) is 6.59. The van der Waals surface area contributed by atoms with E-state index in [2.05, 4.69) is 15.3 Å². The van der Waals surface area contributed by atoms with Crippen molar-refractivity contribution >= 4 is 47.1 Å². The number of carboxylic acid groups (broad SMARTS) is 1. The first-order chi connectivity index (χ1) is 14.6. The second-order valence-electron chi connectivity index (χ2n) is 6.59. The molecular weight excluding hydrogens is 401 g/mol. The maximum atomic E-state index is 12.9. The van der Waals surface area contributed by atoms with Gasteiger partial charge in [0.15, 0.2) is 0 Å². The number of nitrogens with one attached hydrogen (secondary N) is 1. The van der Waals surface area contributed by atoms with Gasteiger partial charge in [0, 0.05) is 35.9 Å². The Kier molecular flexibility index (Phi) is 7.31. The van der Waals surface area contributed by atoms with Gasteiger partial charge in [-0.1, -0.05) is 42.5 Å². The molecule has 2 aromatic carbocycles. The van der Waals surface area contributed by atoms with E-state index in [1.807, 2.05) is 36.4 Å². The van der Waals surface area contributed by atoms with Crippen molar-refractivity contribution in [2.24, 2.45) is 0 Å². The van der Waals surface area contributed by atoms with Gasteiger partial charge in [0.1, 0.15) is 0 Å². The summed E-state index contributed by atoms with van der Waals surface area (Å²) in [7, 11) is 0. The SMILES string of the molecule is O=C(Nc1cc(-c2ccccc2)ccc1C(=O)O)c1cncc(-c2cccnc2)c1.[NaH]. The quantitative estimate of drug-likeness (QED) is 0.475. The summed E-state index contributed by atoms with van der Waals surface area (Å²) in [6, 6.07) is 19.8. The minimum atomic E-state index is -1.12. The topological polar surface area (TPSA) is 92.2 Å². The van der Waals surface area contributed by atoms with Crippen LogP contribution in [0.15, 0.2) is 91.5 Å². The number of hydrogen-bond donors (Lipinski definition) is 2. The number of aromatic nitrogens is 2. The molecule has 1 amide bonds. The van der Waals surface area contributed by atoms with Gasteiger partial charge in [-0.05, 0) is 35.4 Å². The molecule has 2 N–H and O–H groups in total. The number of carbonyl (C=O) groups is 2. The summed E-state index contributed by atoms with van der Waals surface area (Å²) in [5.41, 5.74) is 3.85. The second kappa shape index (κ2) is 10.1. The zero-order chi connectivity index (χ0) is 20.9. The minimum absolute atomic E-state index is 0. The van der Waals surface area contributed by atoms with Gasteiger partial charge in [-0.3, -0.25) is 14.8 Å². The van der Waals surface area contributed by atoms with Crippen molar-refractivity contribution in [3.8, 4) is 22.3 Å². The van der Waals surface area contributed by atoms with Crippen molar-refractivity contribution in [3.63, 3.8) is 0 Å². The van der Waals surface area contributed by atoms with E-state index < -0.39 is 11.9 Å². The molecule has 0 aliphatic heterocycles. The normalized spacial score (nSPS) is 10.1. The predicted octanol–water partition coefficient (Wildman–Crippen LogP) is 4.11. The van der Waals surface area contributed by atoms with Gasteiger partial charge < -0.3 is 10.4 Å². The Labute approximate surface area is 201 Å². The monoisotopic (exact) mass is 419 g/mol. The zero-order valence-corrected chi connectivity index (χ0v) is 15.8. The molecule has 31 heavy (non-hydrogen) atoms. The summed E-state index contributed by atoms with van der Waals surface area (Å²) in [5, 5.41) is 12.3. The summed E-state index contributed by atoms with van der Waals surface area (Å²) in [6.45, 7) is 0. The molecule has 0 saturated heterocycles. The summed E-state index contributed by atoms with van der Waals surface area (Å²) in [5.74, 6) is -1.56. The Hall–Kier alpha value is -3.32. The van der Waals surface area contributed by atoms with E-state index in [0.717, 1.165) is 22.3 Å². The van der Waals surface area contributed by atoms with Crippen LogP contribution in [0.4, 0.5) is 5.69 Å². The van der Waals surface area contributed by atoms with Crippen molar-refractivity contribution in [2.45, 2.75) is 0 Å². The Morgan fingerprint density at radius 2 is 1.48 bits per heavy atom. The first kappa shape index (κ1) is 22.4. The molecule has 4 aromatic rings. The van der Waals surface area contributed by atoms with Crippen LogP contribution in [-0.4, -0.2) is 56.5 Å². The van der Waals surface area contributed by atoms with Gasteiger partial charge in [0.05, 0.1) is 16.8 Å². The fourth-order valence-electron chi connectivity index (χ4n) is 3.09. The van der Waals surface area contributed by atoms with Gasteiger partial charge in [0.2, 0.25) is 0 Å². The third-order valence-electron chi connectivity index (χ3n) is 4.60. The van der Waals surface area contributed by atoms with Crippen LogP contribution in [0.25, 0.3) is 22.3 Å². The van der Waals surface area contributed by atoms with E-state index in [0.29, 0.717) is 5.56 Å². The van der Waals surface area contributed by atoms with Crippen LogP contribution >= 0.6 is 0 Å². The summed E-state index contributed by atoms with van der Waals surface area (Å²) in [4.78, 5) is 32.7. The van der Waals surface area contributed by atoms with Gasteiger partial charge >= 0.3 is 35.5 Å². The van der Waals surface area contributed by atoms with E-state index in [9.17, 15) is 14.7 Å². The van der Waals surface area contributed by atoms with Crippen molar-refractivity contribution in [1.82, 2.24) is 9.97 Å². The molecule has 148 valence electrons. The van der Waals surface area contributed by atoms with Crippen LogP contribution in [0.3, 0.4) is 0 Å². The molecule has 2 aromatic heterocycles. The van der Waals surface area contributed by atoms with E-state index in [1.54, 1.807) is 42.9 Å². The van der Waals surface area contributed by atoms with Crippen molar-refractivity contribution in [1.29, 1.82) is 0 Å². The zero-order valence-electron chi connectivity index (χ0n) is 15.8. The van der Waals surface area contributed by atoms with Crippen molar-refractivity contribution in [2.75, 3.05) is 5.32 Å². The summed E-state index contributed by atoms with van der Waals surface area (Å²) < 4.78 is 0. The fourth-order valence-corrected chi connectivity index (χ4v) is 3.09. The number of aromatic carboxylic acids is 1. The molecular formula is C24H18N3NaO3. The van der Waals surface area contributed by atoms with Gasteiger partial charge in [-0.15, -0.1) is 0 Å². The number of carboxylic acids is 1. The third kappa shape index (κ3) is 5.24. The van der Waals surface area contributed by atoms with Crippen molar-refractivity contribution in [3.05, 3.63) is 103 Å². The average molecular weight is 419 g/mol. The molecule has 0 bridgehead atoms. The number of benzene rings is 2. The number of hydrogen-bond acceptors (Lipinski definition) is 4. The fraction of sp³-hybridized carbons (Fsp3) is 0. The van der Waals surface area contributed by atoms with E-state index >= 15 is 0 Å². The molecule has 2 heterocycles. The number of amides is 1. The van der Waals surface area contributed by atoms with Crippen LogP contribution < -0.4 is 5.32 Å². The van der Waals surface area contributed by atoms with Gasteiger partial charge in [-0.2, -0.15) is 0 Å². The van der Waals surface area contributed by atoms with Crippen LogP contribution in [0.2, 0.25) is 0 Å². The molecule has 0 radical (unpaired) electrons. The number of nitrogens with zero attached hydrogens (tertiary/aromatic N) is 2. The van der Waals surface area contributed by atoms with Crippen LogP contribution in [-0.2, 0) is 0 Å². The molecule has 0 fully saturated rings. The molecule has 0 spiro atoms. The first-order valence-electron chi connectivity index (χ1n) is 9.21. The average Bonchev–Trinajstić information content (AvgIpc) is 2.80. The molecule has 7 heteroatoms. The van der Waals surface area contributed by atoms with Crippen LogP contribution in [0.1, 0.15) is 20.7 Å². The van der Waals surface area contributed by atoms with Gasteiger partial charge in [0.25, 0.3) is 5.91 Å². The number of rotatable bonds is 5. The third-order valence-corrected chi connectivity index (χ3v) is 4.60. The van der Waals surface area contributed by atoms with Crippen LogP contribution in [0.5, 0.6) is 0 Å². The molecule has 0 aliphatic rings. The maximum absolute atomic E-state index is 12.9. The number of pyridine rings is 2. The number of carbonyl (C=O) groups excluding carboxylic acids is 1. The molecule has 4 rings (SSSR count). The molecule has 0 unspecified atom stereocenters. The predicted molar refractivity (Wildman–Crippen MR) is 121 cm³/mol. The Morgan fingerprint density at radius 1 is 0.742 bits per heavy atom. The Morgan fingerprint density at radius 3 is 2.19 bits per heavy atom. The Bertz CT molecular complexity index is 1220. The van der Waals surface area contributed by atoms with E-state index in [1.165, 1.54) is 12.3 Å². The Balaban J connectivity index is 0.00000272. The summed E-state index contributed by atoms with van der Waals surface area (Å²) >= 11 is 0. The first-order valence-corrected chi connectivity index (χ1v) is 9.21. The van der Waals surface area contributed by atoms with E-state index in [4.69, 9.17) is 0 Å². The van der Waals surface area contributed by atoms with Crippen molar-refractivity contribution < 1.29 is 14.7 Å². The van der Waals surface area contributed by atoms with Crippen LogP contribution in [0, 0.1) is 0 Å². The molecule has 0 saturated carbocycles. The van der Waals surface area contributed by atoms with Gasteiger partial charge in [-0.25, -0.2) is 4.79 Å². The van der Waals surface area contributed by atoms with E-state index in [-0.39, 0.29) is 40.8 Å². The molecule has 6 nitrogen and oxygen atoms in total.